The number of halogens is 1. The number of benzene rings is 2. The Balaban J connectivity index is 1.59. The number of likely N-dealkylation sites (tertiary alicyclic amines) is 1. The lowest BCUT2D eigenvalue weighted by Gasteiger charge is -2.46. The van der Waals surface area contributed by atoms with Gasteiger partial charge in [0.05, 0.1) is 5.56 Å². The van der Waals surface area contributed by atoms with E-state index in [0.717, 1.165) is 100 Å². The van der Waals surface area contributed by atoms with Crippen molar-refractivity contribution in [1.29, 1.82) is 0 Å². The van der Waals surface area contributed by atoms with Crippen molar-refractivity contribution in [3.8, 4) is 11.5 Å². The van der Waals surface area contributed by atoms with E-state index in [9.17, 15) is 9.18 Å². The Morgan fingerprint density at radius 3 is 2.44 bits per heavy atom. The summed E-state index contributed by atoms with van der Waals surface area (Å²) in [6, 6.07) is 11.1. The highest BCUT2D eigenvalue weighted by Crippen LogP contribution is 2.52. The van der Waals surface area contributed by atoms with Crippen molar-refractivity contribution in [2.45, 2.75) is 103 Å². The lowest BCUT2D eigenvalue weighted by atomic mass is 9.71. The molecule has 6 heteroatoms. The minimum Gasteiger partial charge on any atom is -0.482 e. The zero-order valence-electron chi connectivity index (χ0n) is 28.1. The van der Waals surface area contributed by atoms with Crippen LogP contribution in [-0.4, -0.2) is 60.6 Å². The fourth-order valence-corrected chi connectivity index (χ4v) is 7.93. The highest BCUT2D eigenvalue weighted by Gasteiger charge is 2.44. The van der Waals surface area contributed by atoms with Crippen LogP contribution in [0.3, 0.4) is 0 Å². The van der Waals surface area contributed by atoms with E-state index < -0.39 is 11.0 Å². The third-order valence-electron chi connectivity index (χ3n) is 10.6. The largest absolute Gasteiger partial charge is 0.482 e. The quantitative estimate of drug-likeness (QED) is 0.128. The van der Waals surface area contributed by atoms with Gasteiger partial charge in [0.25, 0.3) is 0 Å². The fraction of sp³-hybridized carbons (Fsp3) is 0.564. The van der Waals surface area contributed by atoms with Crippen molar-refractivity contribution in [1.82, 2.24) is 9.80 Å². The van der Waals surface area contributed by atoms with Gasteiger partial charge in [-0.3, -0.25) is 9.69 Å². The summed E-state index contributed by atoms with van der Waals surface area (Å²) in [5.41, 5.74) is 4.73. The lowest BCUT2D eigenvalue weighted by molar-refractivity contribution is -0.134. The molecule has 5 nitrogen and oxygen atoms in total. The molecule has 0 spiro atoms. The number of piperidine rings is 1. The second kappa shape index (κ2) is 14.6. The van der Waals surface area contributed by atoms with Gasteiger partial charge >= 0.3 is 5.97 Å². The van der Waals surface area contributed by atoms with Gasteiger partial charge in [0.1, 0.15) is 22.9 Å². The Bertz CT molecular complexity index is 1370. The SMILES string of the molecule is C=CCN1CCC2=C(C1)c1c(OC(=O)CCCN3CCCCC3)cc(C(C)(CCC)c3ccc(F)cc3)cc1OC2(CC)CC. The summed E-state index contributed by atoms with van der Waals surface area (Å²) in [5, 5.41) is 0. The molecule has 1 saturated heterocycles. The Morgan fingerprint density at radius 2 is 1.78 bits per heavy atom. The molecule has 0 aromatic heterocycles. The van der Waals surface area contributed by atoms with E-state index in [0.29, 0.717) is 12.2 Å². The molecule has 3 aliphatic heterocycles. The lowest BCUT2D eigenvalue weighted by Crippen LogP contribution is -2.45. The number of nitrogens with zero attached hydrogens (tertiary/aromatic N) is 2. The number of carbonyl (C=O) groups is 1. The number of fused-ring (bicyclic) bond motifs is 2. The molecule has 0 bridgehead atoms. The van der Waals surface area contributed by atoms with Crippen LogP contribution in [-0.2, 0) is 10.2 Å². The maximum Gasteiger partial charge on any atom is 0.311 e. The van der Waals surface area contributed by atoms with E-state index in [1.807, 2.05) is 18.2 Å². The molecule has 2 aromatic rings. The third-order valence-corrected chi connectivity index (χ3v) is 10.6. The van der Waals surface area contributed by atoms with E-state index in [2.05, 4.69) is 56.2 Å². The van der Waals surface area contributed by atoms with Crippen LogP contribution in [0.4, 0.5) is 4.39 Å². The number of ether oxygens (including phenoxy) is 2. The van der Waals surface area contributed by atoms with Crippen molar-refractivity contribution in [3.05, 3.63) is 77.1 Å². The molecule has 0 amide bonds. The Kier molecular flexibility index (Phi) is 10.9. The van der Waals surface area contributed by atoms with Gasteiger partial charge in [-0.05, 0) is 111 Å². The van der Waals surface area contributed by atoms with Crippen LogP contribution in [0.2, 0.25) is 0 Å². The van der Waals surface area contributed by atoms with Gasteiger partial charge in [-0.15, -0.1) is 6.58 Å². The first-order valence-electron chi connectivity index (χ1n) is 17.4. The molecule has 0 radical (unpaired) electrons. The highest BCUT2D eigenvalue weighted by molar-refractivity contribution is 5.85. The van der Waals surface area contributed by atoms with Crippen molar-refractivity contribution < 1.29 is 18.7 Å². The summed E-state index contributed by atoms with van der Waals surface area (Å²) in [5.74, 6) is 0.927. The molecule has 5 rings (SSSR count). The van der Waals surface area contributed by atoms with Gasteiger partial charge in [-0.2, -0.15) is 0 Å². The Morgan fingerprint density at radius 1 is 1.04 bits per heavy atom. The molecule has 0 aliphatic carbocycles. The van der Waals surface area contributed by atoms with Crippen LogP contribution in [0.1, 0.15) is 109 Å². The molecule has 244 valence electrons. The molecule has 45 heavy (non-hydrogen) atoms. The second-order valence-electron chi connectivity index (χ2n) is 13.5. The van der Waals surface area contributed by atoms with E-state index >= 15 is 0 Å². The van der Waals surface area contributed by atoms with Gasteiger partial charge in [0.15, 0.2) is 0 Å². The standard InChI is InChI=1S/C39H53FN2O3/c1-6-20-38(5,29-15-17-31(40)18-16-29)30-26-34(44-36(43)14-13-24-41-22-11-10-12-23-41)37-32-28-42(21-7-2)25-19-33(32)39(8-3,9-4)45-35(37)27-30/h7,15-18,26-27H,2,6,8-14,19-25,28H2,1,3-5H3. The van der Waals surface area contributed by atoms with Crippen LogP contribution in [0, 0.1) is 5.82 Å². The van der Waals surface area contributed by atoms with Crippen LogP contribution >= 0.6 is 0 Å². The van der Waals surface area contributed by atoms with Crippen molar-refractivity contribution in [2.75, 3.05) is 39.3 Å². The average Bonchev–Trinajstić information content (AvgIpc) is 3.05. The van der Waals surface area contributed by atoms with E-state index in [1.54, 1.807) is 0 Å². The number of hydrogen-bond donors (Lipinski definition) is 0. The molecule has 1 fully saturated rings. The van der Waals surface area contributed by atoms with Gasteiger partial charge < -0.3 is 14.4 Å². The van der Waals surface area contributed by atoms with Crippen molar-refractivity contribution in [3.63, 3.8) is 0 Å². The summed E-state index contributed by atoms with van der Waals surface area (Å²) in [6.07, 6.45) is 11.4. The smallest absolute Gasteiger partial charge is 0.311 e. The first-order valence-corrected chi connectivity index (χ1v) is 17.4. The maximum atomic E-state index is 14.0. The number of esters is 1. The summed E-state index contributed by atoms with van der Waals surface area (Å²) in [4.78, 5) is 18.4. The monoisotopic (exact) mass is 616 g/mol. The average molecular weight is 617 g/mol. The normalized spacial score (nSPS) is 19.7. The molecule has 1 atom stereocenters. The summed E-state index contributed by atoms with van der Waals surface area (Å²) < 4.78 is 27.5. The molecule has 2 aromatic carbocycles. The number of rotatable bonds is 13. The Hall–Kier alpha value is -2.96. The van der Waals surface area contributed by atoms with E-state index in [1.165, 1.54) is 42.5 Å². The predicted octanol–water partition coefficient (Wildman–Crippen LogP) is 8.70. The van der Waals surface area contributed by atoms with Crippen molar-refractivity contribution >= 4 is 11.5 Å². The minimum absolute atomic E-state index is 0.200. The van der Waals surface area contributed by atoms with Crippen LogP contribution in [0.15, 0.2) is 54.6 Å². The molecular weight excluding hydrogens is 563 g/mol. The van der Waals surface area contributed by atoms with E-state index in [-0.39, 0.29) is 11.8 Å². The van der Waals surface area contributed by atoms with Crippen molar-refractivity contribution in [2.24, 2.45) is 0 Å². The third kappa shape index (κ3) is 7.07. The zero-order valence-corrected chi connectivity index (χ0v) is 28.1. The highest BCUT2D eigenvalue weighted by atomic mass is 19.1. The molecule has 3 heterocycles. The van der Waals surface area contributed by atoms with E-state index in [4.69, 9.17) is 9.47 Å². The topological polar surface area (TPSA) is 42.0 Å². The molecule has 0 N–H and O–H groups in total. The van der Waals surface area contributed by atoms with Crippen LogP contribution in [0.5, 0.6) is 11.5 Å². The maximum absolute atomic E-state index is 14.0. The Labute approximate surface area is 270 Å². The summed E-state index contributed by atoms with van der Waals surface area (Å²) in [6.45, 7) is 18.5. The number of hydrogen-bond acceptors (Lipinski definition) is 5. The van der Waals surface area contributed by atoms with Crippen LogP contribution in [0.25, 0.3) is 5.57 Å². The first kappa shape index (κ1) is 33.4. The predicted molar refractivity (Wildman–Crippen MR) is 181 cm³/mol. The fourth-order valence-electron chi connectivity index (χ4n) is 7.93. The van der Waals surface area contributed by atoms with Crippen LogP contribution < -0.4 is 9.47 Å². The minimum atomic E-state index is -0.423. The molecule has 3 aliphatic rings. The second-order valence-corrected chi connectivity index (χ2v) is 13.5. The molecular formula is C39H53FN2O3. The number of carbonyl (C=O) groups excluding carboxylic acids is 1. The molecule has 0 saturated carbocycles. The van der Waals surface area contributed by atoms with Gasteiger partial charge in [0, 0.05) is 31.5 Å². The summed E-state index contributed by atoms with van der Waals surface area (Å²) >= 11 is 0. The summed E-state index contributed by atoms with van der Waals surface area (Å²) in [7, 11) is 0. The molecule has 1 unspecified atom stereocenters. The zero-order chi connectivity index (χ0) is 32.0. The van der Waals surface area contributed by atoms with Gasteiger partial charge in [-0.1, -0.05) is 58.7 Å². The van der Waals surface area contributed by atoms with Gasteiger partial charge in [-0.25, -0.2) is 4.39 Å². The van der Waals surface area contributed by atoms with Gasteiger partial charge in [0.2, 0.25) is 0 Å². The first-order chi connectivity index (χ1) is 21.8.